The summed E-state index contributed by atoms with van der Waals surface area (Å²) in [6.45, 7) is 0. The summed E-state index contributed by atoms with van der Waals surface area (Å²) >= 11 is 12.0. The third-order valence-corrected chi connectivity index (χ3v) is 4.64. The zero-order valence-electron chi connectivity index (χ0n) is 10.2. The summed E-state index contributed by atoms with van der Waals surface area (Å²) in [7, 11) is 0. The van der Waals surface area contributed by atoms with E-state index in [9.17, 15) is 10.2 Å². The second kappa shape index (κ2) is 5.79. The van der Waals surface area contributed by atoms with Crippen molar-refractivity contribution < 1.29 is 10.2 Å². The van der Waals surface area contributed by atoms with Gasteiger partial charge in [0.15, 0.2) is 0 Å². The molecule has 1 atom stereocenters. The molecule has 0 aliphatic heterocycles. The lowest BCUT2D eigenvalue weighted by molar-refractivity contribution is -0.0960. The summed E-state index contributed by atoms with van der Waals surface area (Å²) in [5, 5.41) is 21.6. The monoisotopic (exact) mass is 288 g/mol. The van der Waals surface area contributed by atoms with Crippen molar-refractivity contribution in [2.75, 3.05) is 0 Å². The fourth-order valence-electron chi connectivity index (χ4n) is 2.60. The molecule has 1 aromatic rings. The highest BCUT2D eigenvalue weighted by molar-refractivity contribution is 6.42. The van der Waals surface area contributed by atoms with E-state index < -0.39 is 11.7 Å². The third kappa shape index (κ3) is 3.00. The normalized spacial score (nSPS) is 20.7. The molecule has 0 aromatic heterocycles. The van der Waals surface area contributed by atoms with E-state index in [1.54, 1.807) is 12.1 Å². The van der Waals surface area contributed by atoms with Crippen LogP contribution in [0.4, 0.5) is 0 Å². The SMILES string of the molecule is OC(Cc1cccc(Cl)c1Cl)C1(O)CCCCC1. The first kappa shape index (κ1) is 14.1. The number of hydrogen-bond donors (Lipinski definition) is 2. The minimum absolute atomic E-state index is 0.343. The Morgan fingerprint density at radius 1 is 1.17 bits per heavy atom. The van der Waals surface area contributed by atoms with E-state index in [2.05, 4.69) is 0 Å². The molecule has 1 saturated carbocycles. The first-order chi connectivity index (χ1) is 8.53. The van der Waals surface area contributed by atoms with Gasteiger partial charge in [-0.25, -0.2) is 0 Å². The Hall–Kier alpha value is -0.280. The molecule has 2 N–H and O–H groups in total. The lowest BCUT2D eigenvalue weighted by atomic mass is 9.79. The molecular weight excluding hydrogens is 271 g/mol. The molecule has 0 amide bonds. The van der Waals surface area contributed by atoms with Crippen LogP contribution in [0.1, 0.15) is 37.7 Å². The van der Waals surface area contributed by atoms with E-state index in [1.807, 2.05) is 6.07 Å². The summed E-state index contributed by atoms with van der Waals surface area (Å²) in [5.74, 6) is 0. The summed E-state index contributed by atoms with van der Waals surface area (Å²) in [6.07, 6.45) is 3.95. The summed E-state index contributed by atoms with van der Waals surface area (Å²) < 4.78 is 0. The Balaban J connectivity index is 2.10. The van der Waals surface area contributed by atoms with Gasteiger partial charge in [-0.05, 0) is 24.5 Å². The van der Waals surface area contributed by atoms with Crippen LogP contribution in [0.5, 0.6) is 0 Å². The van der Waals surface area contributed by atoms with Gasteiger partial charge in [0.05, 0.1) is 21.8 Å². The average molecular weight is 289 g/mol. The van der Waals surface area contributed by atoms with Crippen LogP contribution in [-0.2, 0) is 6.42 Å². The van der Waals surface area contributed by atoms with Gasteiger partial charge in [0.2, 0.25) is 0 Å². The highest BCUT2D eigenvalue weighted by atomic mass is 35.5. The maximum atomic E-state index is 10.4. The predicted molar refractivity (Wildman–Crippen MR) is 74.2 cm³/mol. The van der Waals surface area contributed by atoms with Gasteiger partial charge in [-0.15, -0.1) is 0 Å². The van der Waals surface area contributed by atoms with Gasteiger partial charge < -0.3 is 10.2 Å². The Bertz CT molecular complexity index is 414. The van der Waals surface area contributed by atoms with Crippen LogP contribution >= 0.6 is 23.2 Å². The highest BCUT2D eigenvalue weighted by Gasteiger charge is 2.36. The molecule has 1 aliphatic carbocycles. The van der Waals surface area contributed by atoms with Crippen molar-refractivity contribution in [2.24, 2.45) is 0 Å². The van der Waals surface area contributed by atoms with Gasteiger partial charge in [-0.2, -0.15) is 0 Å². The van der Waals surface area contributed by atoms with Crippen LogP contribution in [-0.4, -0.2) is 21.9 Å². The largest absolute Gasteiger partial charge is 0.390 e. The fraction of sp³-hybridized carbons (Fsp3) is 0.571. The smallest absolute Gasteiger partial charge is 0.0908 e. The molecule has 1 unspecified atom stereocenters. The van der Waals surface area contributed by atoms with Gasteiger partial charge >= 0.3 is 0 Å². The Morgan fingerprint density at radius 3 is 2.50 bits per heavy atom. The Labute approximate surface area is 118 Å². The number of halogens is 2. The van der Waals surface area contributed by atoms with Crippen LogP contribution in [0.3, 0.4) is 0 Å². The lowest BCUT2D eigenvalue weighted by Gasteiger charge is -2.36. The standard InChI is InChI=1S/C14H18Cl2O2/c15-11-6-4-5-10(13(11)16)9-12(17)14(18)7-2-1-3-8-14/h4-6,12,17-18H,1-3,7-9H2. The molecular formula is C14H18Cl2O2. The minimum atomic E-state index is -0.968. The zero-order chi connectivity index (χ0) is 13.2. The summed E-state index contributed by atoms with van der Waals surface area (Å²) in [4.78, 5) is 0. The number of hydrogen-bond acceptors (Lipinski definition) is 2. The highest BCUT2D eigenvalue weighted by Crippen LogP contribution is 2.34. The van der Waals surface area contributed by atoms with Crippen molar-refractivity contribution >= 4 is 23.2 Å². The predicted octanol–water partition coefficient (Wildman–Crippen LogP) is 3.59. The molecule has 0 saturated heterocycles. The van der Waals surface area contributed by atoms with E-state index in [0.717, 1.165) is 24.8 Å². The maximum Gasteiger partial charge on any atom is 0.0908 e. The van der Waals surface area contributed by atoms with Crippen LogP contribution in [0.25, 0.3) is 0 Å². The van der Waals surface area contributed by atoms with Crippen molar-refractivity contribution in [3.8, 4) is 0 Å². The molecule has 0 spiro atoms. The molecule has 2 nitrogen and oxygen atoms in total. The van der Waals surface area contributed by atoms with Crippen molar-refractivity contribution in [2.45, 2.75) is 50.2 Å². The van der Waals surface area contributed by atoms with Gasteiger partial charge in [0.25, 0.3) is 0 Å². The molecule has 1 fully saturated rings. The van der Waals surface area contributed by atoms with Gasteiger partial charge in [0.1, 0.15) is 0 Å². The van der Waals surface area contributed by atoms with Crippen LogP contribution in [0.15, 0.2) is 18.2 Å². The molecule has 18 heavy (non-hydrogen) atoms. The van der Waals surface area contributed by atoms with E-state index in [1.165, 1.54) is 0 Å². The first-order valence-corrected chi connectivity index (χ1v) is 7.12. The molecule has 100 valence electrons. The second-order valence-electron chi connectivity index (χ2n) is 5.10. The van der Waals surface area contributed by atoms with Crippen molar-refractivity contribution in [3.05, 3.63) is 33.8 Å². The Morgan fingerprint density at radius 2 is 1.83 bits per heavy atom. The molecule has 1 aromatic carbocycles. The van der Waals surface area contributed by atoms with Crippen molar-refractivity contribution in [1.82, 2.24) is 0 Å². The third-order valence-electron chi connectivity index (χ3n) is 3.78. The molecule has 0 heterocycles. The molecule has 1 aliphatic rings. The van der Waals surface area contributed by atoms with Gasteiger partial charge in [-0.1, -0.05) is 54.6 Å². The van der Waals surface area contributed by atoms with E-state index in [-0.39, 0.29) is 0 Å². The van der Waals surface area contributed by atoms with Crippen LogP contribution in [0.2, 0.25) is 10.0 Å². The van der Waals surface area contributed by atoms with E-state index >= 15 is 0 Å². The summed E-state index contributed by atoms with van der Waals surface area (Å²) in [5.41, 5.74) is -0.181. The fourth-order valence-corrected chi connectivity index (χ4v) is 3.00. The molecule has 2 rings (SSSR count). The topological polar surface area (TPSA) is 40.5 Å². The molecule has 4 heteroatoms. The van der Waals surface area contributed by atoms with E-state index in [4.69, 9.17) is 23.2 Å². The first-order valence-electron chi connectivity index (χ1n) is 6.36. The average Bonchev–Trinajstić information content (AvgIpc) is 2.36. The molecule has 0 radical (unpaired) electrons. The lowest BCUT2D eigenvalue weighted by Crippen LogP contribution is -2.45. The van der Waals surface area contributed by atoms with Crippen molar-refractivity contribution in [1.29, 1.82) is 0 Å². The molecule has 0 bridgehead atoms. The number of rotatable bonds is 3. The Kier molecular flexibility index (Phi) is 4.54. The van der Waals surface area contributed by atoms with Crippen LogP contribution < -0.4 is 0 Å². The van der Waals surface area contributed by atoms with Gasteiger partial charge in [-0.3, -0.25) is 0 Å². The maximum absolute atomic E-state index is 10.4. The van der Waals surface area contributed by atoms with Gasteiger partial charge in [0, 0.05) is 6.42 Å². The minimum Gasteiger partial charge on any atom is -0.390 e. The van der Waals surface area contributed by atoms with Crippen LogP contribution in [0, 0.1) is 0 Å². The number of aliphatic hydroxyl groups is 2. The second-order valence-corrected chi connectivity index (χ2v) is 5.88. The quantitative estimate of drug-likeness (QED) is 0.892. The zero-order valence-corrected chi connectivity index (χ0v) is 11.7. The number of aliphatic hydroxyl groups excluding tert-OH is 1. The summed E-state index contributed by atoms with van der Waals surface area (Å²) in [6, 6.07) is 5.36. The van der Waals surface area contributed by atoms with E-state index in [0.29, 0.717) is 29.3 Å². The van der Waals surface area contributed by atoms with Crippen molar-refractivity contribution in [3.63, 3.8) is 0 Å². The number of benzene rings is 1.